The van der Waals surface area contributed by atoms with Gasteiger partial charge in [0, 0.05) is 0 Å². The molecule has 0 saturated heterocycles. The second-order valence-corrected chi connectivity index (χ2v) is 4.38. The molecule has 0 aliphatic heterocycles. The maximum absolute atomic E-state index is 10.9. The van der Waals surface area contributed by atoms with Crippen molar-refractivity contribution in [2.75, 3.05) is 5.73 Å². The Hall–Kier alpha value is -1.80. The summed E-state index contributed by atoms with van der Waals surface area (Å²) in [5.41, 5.74) is 5.45. The second-order valence-electron chi connectivity index (χ2n) is 2.99. The molecule has 0 fully saturated rings. The van der Waals surface area contributed by atoms with Gasteiger partial charge in [-0.2, -0.15) is 8.42 Å². The van der Waals surface area contributed by atoms with Crippen LogP contribution in [0.4, 0.5) is 5.69 Å². The summed E-state index contributed by atoms with van der Waals surface area (Å²) in [5, 5.41) is 0. The molecule has 80 valence electrons. The largest absolute Gasteiger partial charge is 0.398 e. The van der Waals surface area contributed by atoms with Gasteiger partial charge in [-0.05, 0) is 12.1 Å². The lowest BCUT2D eigenvalue weighted by molar-refractivity contribution is 0.484. The summed E-state index contributed by atoms with van der Waals surface area (Å²) < 4.78 is 30.6. The number of benzene rings is 1. The molecule has 0 atom stereocenters. The van der Waals surface area contributed by atoms with Crippen molar-refractivity contribution in [2.24, 2.45) is 0 Å². The van der Waals surface area contributed by atoms with E-state index in [2.05, 4.69) is 9.97 Å². The van der Waals surface area contributed by atoms with Gasteiger partial charge in [0.25, 0.3) is 10.1 Å². The van der Waals surface area contributed by atoms with E-state index in [9.17, 15) is 13.2 Å². The minimum Gasteiger partial charge on any atom is -0.398 e. The predicted molar refractivity (Wildman–Crippen MR) is 53.1 cm³/mol. The van der Waals surface area contributed by atoms with E-state index in [1.54, 1.807) is 0 Å². The van der Waals surface area contributed by atoms with Crippen LogP contribution >= 0.6 is 0 Å². The van der Waals surface area contributed by atoms with E-state index in [0.29, 0.717) is 5.52 Å². The average Bonchev–Trinajstić information content (AvgIpc) is 2.40. The summed E-state index contributed by atoms with van der Waals surface area (Å²) in [6.45, 7) is 0. The summed E-state index contributed by atoms with van der Waals surface area (Å²) in [5.74, 6) is 0. The highest BCUT2D eigenvalue weighted by Crippen LogP contribution is 2.22. The molecule has 0 unspecified atom stereocenters. The summed E-state index contributed by atoms with van der Waals surface area (Å²) in [6.07, 6.45) is 0. The molecule has 8 heteroatoms. The minimum atomic E-state index is -4.38. The maximum atomic E-state index is 10.9. The fraction of sp³-hybridized carbons (Fsp3) is 0. The third-order valence-corrected chi connectivity index (χ3v) is 2.83. The predicted octanol–water partition coefficient (Wildman–Crippen LogP) is -0.315. The van der Waals surface area contributed by atoms with Crippen LogP contribution in [-0.4, -0.2) is 22.9 Å². The molecule has 15 heavy (non-hydrogen) atoms. The summed E-state index contributed by atoms with van der Waals surface area (Å²) >= 11 is 0. The molecule has 0 spiro atoms. The molecule has 0 aliphatic carbocycles. The Morgan fingerprint density at radius 3 is 2.27 bits per heavy atom. The first-order valence-corrected chi connectivity index (χ1v) is 5.31. The molecule has 0 aliphatic rings. The molecule has 1 aromatic heterocycles. The lowest BCUT2D eigenvalue weighted by atomic mass is 10.3. The van der Waals surface area contributed by atoms with Crippen LogP contribution in [0.2, 0.25) is 0 Å². The zero-order valence-corrected chi connectivity index (χ0v) is 8.13. The van der Waals surface area contributed by atoms with E-state index in [1.165, 1.54) is 6.07 Å². The topological polar surface area (TPSA) is 129 Å². The molecule has 0 amide bonds. The van der Waals surface area contributed by atoms with Crippen molar-refractivity contribution in [1.29, 1.82) is 0 Å². The molecule has 0 bridgehead atoms. The standard InChI is InChI=1S/C7H7N3O4S/c8-3-1-4-5(10-7(11)9-4)2-6(3)15(12,13)14/h1-2H,8H2,(H2,9,10,11)(H,12,13,14). The smallest absolute Gasteiger partial charge is 0.323 e. The summed E-state index contributed by atoms with van der Waals surface area (Å²) in [4.78, 5) is 15.2. The molecule has 0 saturated carbocycles. The van der Waals surface area contributed by atoms with E-state index in [-0.39, 0.29) is 11.2 Å². The summed E-state index contributed by atoms with van der Waals surface area (Å²) in [6, 6.07) is 2.36. The van der Waals surface area contributed by atoms with Crippen molar-refractivity contribution in [1.82, 2.24) is 9.97 Å². The number of imidazole rings is 1. The Kier molecular flexibility index (Phi) is 1.85. The summed E-state index contributed by atoms with van der Waals surface area (Å²) in [7, 11) is -4.38. The van der Waals surface area contributed by atoms with Crippen molar-refractivity contribution in [3.8, 4) is 0 Å². The molecule has 5 N–H and O–H groups in total. The van der Waals surface area contributed by atoms with E-state index in [4.69, 9.17) is 10.3 Å². The maximum Gasteiger partial charge on any atom is 0.323 e. The van der Waals surface area contributed by atoms with Crippen LogP contribution in [0.15, 0.2) is 21.8 Å². The Labute approximate surface area is 83.7 Å². The van der Waals surface area contributed by atoms with Gasteiger partial charge in [-0.25, -0.2) is 4.79 Å². The van der Waals surface area contributed by atoms with Crippen LogP contribution in [0, 0.1) is 0 Å². The molecular weight excluding hydrogens is 222 g/mol. The lowest BCUT2D eigenvalue weighted by Gasteiger charge is -2.01. The first-order valence-electron chi connectivity index (χ1n) is 3.87. The van der Waals surface area contributed by atoms with E-state index in [0.717, 1.165) is 6.07 Å². The van der Waals surface area contributed by atoms with Gasteiger partial charge in [-0.3, -0.25) is 4.55 Å². The lowest BCUT2D eigenvalue weighted by Crippen LogP contribution is -2.02. The zero-order valence-electron chi connectivity index (χ0n) is 7.31. The number of nitrogens with one attached hydrogen (secondary N) is 2. The van der Waals surface area contributed by atoms with Gasteiger partial charge in [-0.1, -0.05) is 0 Å². The molecule has 1 aromatic carbocycles. The van der Waals surface area contributed by atoms with Gasteiger partial charge in [-0.15, -0.1) is 0 Å². The van der Waals surface area contributed by atoms with Crippen LogP contribution in [-0.2, 0) is 10.1 Å². The first kappa shape index (κ1) is 9.74. The van der Waals surface area contributed by atoms with Gasteiger partial charge in [0.1, 0.15) is 4.90 Å². The highest BCUT2D eigenvalue weighted by Gasteiger charge is 2.15. The number of aromatic nitrogens is 2. The molecule has 2 rings (SSSR count). The molecule has 7 nitrogen and oxygen atoms in total. The van der Waals surface area contributed by atoms with Gasteiger partial charge in [0.05, 0.1) is 16.7 Å². The number of aromatic amines is 2. The first-order chi connectivity index (χ1) is 6.88. The molecular formula is C7H7N3O4S. The van der Waals surface area contributed by atoms with Crippen LogP contribution < -0.4 is 11.4 Å². The van der Waals surface area contributed by atoms with Crippen LogP contribution in [0.5, 0.6) is 0 Å². The molecule has 2 aromatic rings. The number of rotatable bonds is 1. The van der Waals surface area contributed by atoms with Crippen molar-refractivity contribution >= 4 is 26.8 Å². The zero-order chi connectivity index (χ0) is 11.2. The third kappa shape index (κ3) is 1.60. The number of nitrogens with two attached hydrogens (primary N) is 1. The highest BCUT2D eigenvalue weighted by atomic mass is 32.2. The van der Waals surface area contributed by atoms with Crippen LogP contribution in [0.3, 0.4) is 0 Å². The van der Waals surface area contributed by atoms with Crippen LogP contribution in [0.1, 0.15) is 0 Å². The number of fused-ring (bicyclic) bond motifs is 1. The Bertz CT molecular complexity index is 682. The van der Waals surface area contributed by atoms with Crippen molar-refractivity contribution < 1.29 is 13.0 Å². The van der Waals surface area contributed by atoms with Crippen molar-refractivity contribution in [2.45, 2.75) is 4.90 Å². The van der Waals surface area contributed by atoms with E-state index >= 15 is 0 Å². The third-order valence-electron chi connectivity index (χ3n) is 1.92. The number of hydrogen-bond acceptors (Lipinski definition) is 4. The Morgan fingerprint density at radius 1 is 1.20 bits per heavy atom. The number of anilines is 1. The minimum absolute atomic E-state index is 0.125. The average molecular weight is 229 g/mol. The monoisotopic (exact) mass is 229 g/mol. The Morgan fingerprint density at radius 2 is 1.73 bits per heavy atom. The fourth-order valence-corrected chi connectivity index (χ4v) is 1.93. The van der Waals surface area contributed by atoms with Gasteiger partial charge < -0.3 is 15.7 Å². The fourth-order valence-electron chi connectivity index (χ4n) is 1.30. The van der Waals surface area contributed by atoms with Gasteiger partial charge in [0.15, 0.2) is 0 Å². The molecule has 0 radical (unpaired) electrons. The van der Waals surface area contributed by atoms with Crippen molar-refractivity contribution in [3.05, 3.63) is 22.6 Å². The molecule has 1 heterocycles. The van der Waals surface area contributed by atoms with Crippen LogP contribution in [0.25, 0.3) is 11.0 Å². The number of hydrogen-bond donors (Lipinski definition) is 4. The number of nitrogen functional groups attached to an aromatic ring is 1. The van der Waals surface area contributed by atoms with E-state index < -0.39 is 20.7 Å². The van der Waals surface area contributed by atoms with E-state index in [1.807, 2.05) is 0 Å². The normalized spacial score (nSPS) is 12.1. The van der Waals surface area contributed by atoms with Gasteiger partial charge >= 0.3 is 5.69 Å². The quantitative estimate of drug-likeness (QED) is 0.393. The second kappa shape index (κ2) is 2.84. The SMILES string of the molecule is Nc1cc2[nH]c(=O)[nH]c2cc1S(=O)(=O)O. The number of H-pyrrole nitrogens is 2. The highest BCUT2D eigenvalue weighted by molar-refractivity contribution is 7.86. The van der Waals surface area contributed by atoms with Crippen molar-refractivity contribution in [3.63, 3.8) is 0 Å². The Balaban J connectivity index is 2.89. The van der Waals surface area contributed by atoms with Gasteiger partial charge in [0.2, 0.25) is 0 Å².